The van der Waals surface area contributed by atoms with Crippen molar-refractivity contribution in [1.29, 1.82) is 0 Å². The molecule has 1 heterocycles. The highest BCUT2D eigenvalue weighted by atomic mass is 16.6. The van der Waals surface area contributed by atoms with Gasteiger partial charge in [-0.15, -0.1) is 0 Å². The topological polar surface area (TPSA) is 107 Å². The number of nitrogens with two attached hydrogens (primary N) is 1. The normalized spacial score (nSPS) is 21.1. The molecule has 1 saturated heterocycles. The van der Waals surface area contributed by atoms with E-state index in [1.165, 1.54) is 6.07 Å². The molecule has 112 valence electrons. The number of cyclic esters (lactones) is 1. The monoisotopic (exact) mass is 291 g/mol. The molecule has 6 heteroatoms. The summed E-state index contributed by atoms with van der Waals surface area (Å²) in [5.74, 6) is -2.35. The lowest BCUT2D eigenvalue weighted by Gasteiger charge is -2.16. The molecule has 1 amide bonds. The van der Waals surface area contributed by atoms with Gasteiger partial charge in [0.2, 0.25) is 11.7 Å². The molecule has 6 nitrogen and oxygen atoms in total. The molecule has 2 rings (SSSR count). The van der Waals surface area contributed by atoms with Crippen molar-refractivity contribution in [2.24, 2.45) is 11.7 Å². The summed E-state index contributed by atoms with van der Waals surface area (Å²) in [7, 11) is 0. The Hall–Kier alpha value is -2.37. The van der Waals surface area contributed by atoms with Gasteiger partial charge in [0, 0.05) is 12.3 Å². The number of amides is 1. The van der Waals surface area contributed by atoms with E-state index in [1.54, 1.807) is 19.9 Å². The Bertz CT molecular complexity index is 623. The molecule has 0 saturated carbocycles. The van der Waals surface area contributed by atoms with Gasteiger partial charge in [0.1, 0.15) is 5.75 Å². The zero-order valence-corrected chi connectivity index (χ0v) is 11.9. The number of ether oxygens (including phenoxy) is 1. The fourth-order valence-corrected chi connectivity index (χ4v) is 2.61. The van der Waals surface area contributed by atoms with Crippen LogP contribution < -0.4 is 5.73 Å². The molecule has 0 radical (unpaired) electrons. The van der Waals surface area contributed by atoms with Crippen molar-refractivity contribution >= 4 is 17.7 Å². The summed E-state index contributed by atoms with van der Waals surface area (Å²) in [6.07, 6.45) is -1.20. The number of carbonyl (C=O) groups excluding carboxylic acids is 3. The van der Waals surface area contributed by atoms with E-state index < -0.39 is 29.7 Å². The summed E-state index contributed by atoms with van der Waals surface area (Å²) in [5.41, 5.74) is 6.60. The Balaban J connectivity index is 2.34. The van der Waals surface area contributed by atoms with Gasteiger partial charge in [0.15, 0.2) is 6.10 Å². The summed E-state index contributed by atoms with van der Waals surface area (Å²) in [6, 6.07) is 3.28. The lowest BCUT2D eigenvalue weighted by atomic mass is 9.90. The summed E-state index contributed by atoms with van der Waals surface area (Å²) >= 11 is 0. The Kier molecular flexibility index (Phi) is 3.97. The number of benzene rings is 1. The van der Waals surface area contributed by atoms with Crippen molar-refractivity contribution in [2.75, 3.05) is 0 Å². The average Bonchev–Trinajstić information content (AvgIpc) is 2.73. The molecule has 2 atom stereocenters. The maximum atomic E-state index is 12.5. The number of esters is 1. The van der Waals surface area contributed by atoms with Crippen LogP contribution in [0.2, 0.25) is 0 Å². The van der Waals surface area contributed by atoms with E-state index in [0.717, 1.165) is 5.56 Å². The number of hydrogen-bond acceptors (Lipinski definition) is 5. The summed E-state index contributed by atoms with van der Waals surface area (Å²) in [5, 5.41) is 10.0. The van der Waals surface area contributed by atoms with Gasteiger partial charge >= 0.3 is 5.97 Å². The van der Waals surface area contributed by atoms with Crippen LogP contribution >= 0.6 is 0 Å². The second kappa shape index (κ2) is 5.55. The minimum atomic E-state index is -1.07. The SMILES string of the molecule is Cc1cc(C)c(O)c(C(=O)[C@@H]2OC(=O)C[C@H]2CC(N)=O)c1. The summed E-state index contributed by atoms with van der Waals surface area (Å²) in [4.78, 5) is 35.0. The number of phenolic OH excluding ortho intramolecular Hbond substituents is 1. The number of aryl methyl sites for hydroxylation is 2. The smallest absolute Gasteiger partial charge is 0.306 e. The lowest BCUT2D eigenvalue weighted by molar-refractivity contribution is -0.140. The molecule has 0 unspecified atom stereocenters. The molecule has 1 aliphatic rings. The predicted molar refractivity (Wildman–Crippen MR) is 73.7 cm³/mol. The maximum absolute atomic E-state index is 12.5. The van der Waals surface area contributed by atoms with E-state index in [1.807, 2.05) is 0 Å². The maximum Gasteiger partial charge on any atom is 0.306 e. The number of ketones is 1. The van der Waals surface area contributed by atoms with Crippen molar-refractivity contribution in [2.45, 2.75) is 32.8 Å². The first-order chi connectivity index (χ1) is 9.79. The van der Waals surface area contributed by atoms with Gasteiger partial charge in [0.05, 0.1) is 12.0 Å². The minimum absolute atomic E-state index is 0.0229. The molecule has 1 aromatic rings. The number of phenols is 1. The van der Waals surface area contributed by atoms with E-state index in [-0.39, 0.29) is 24.2 Å². The van der Waals surface area contributed by atoms with Crippen LogP contribution in [0.4, 0.5) is 0 Å². The fraction of sp³-hybridized carbons (Fsp3) is 0.400. The third kappa shape index (κ3) is 3.04. The largest absolute Gasteiger partial charge is 0.507 e. The standard InChI is InChI=1S/C15H17NO5/c1-7-3-8(2)13(19)10(4-7)14(20)15-9(5-11(16)17)6-12(18)21-15/h3-4,9,15,19H,5-6H2,1-2H3,(H2,16,17)/t9-,15-/m1/s1. The lowest BCUT2D eigenvalue weighted by Crippen LogP contribution is -2.30. The predicted octanol–water partition coefficient (Wildman–Crippen LogP) is 0.999. The van der Waals surface area contributed by atoms with Gasteiger partial charge in [0.25, 0.3) is 0 Å². The molecule has 3 N–H and O–H groups in total. The van der Waals surface area contributed by atoms with Crippen LogP contribution in [0.25, 0.3) is 0 Å². The van der Waals surface area contributed by atoms with Crippen molar-refractivity contribution in [3.63, 3.8) is 0 Å². The van der Waals surface area contributed by atoms with Gasteiger partial charge in [-0.1, -0.05) is 6.07 Å². The first-order valence-electron chi connectivity index (χ1n) is 6.61. The van der Waals surface area contributed by atoms with Crippen LogP contribution in [0.15, 0.2) is 12.1 Å². The molecule has 1 fully saturated rings. The van der Waals surface area contributed by atoms with Crippen molar-refractivity contribution in [1.82, 2.24) is 0 Å². The van der Waals surface area contributed by atoms with Gasteiger partial charge in [-0.2, -0.15) is 0 Å². The molecule has 1 aromatic carbocycles. The quantitative estimate of drug-likeness (QED) is 0.635. The fourth-order valence-electron chi connectivity index (χ4n) is 2.61. The van der Waals surface area contributed by atoms with E-state index in [4.69, 9.17) is 10.5 Å². The second-order valence-corrected chi connectivity index (χ2v) is 5.39. The van der Waals surface area contributed by atoms with Crippen LogP contribution in [-0.4, -0.2) is 28.9 Å². The molecule has 21 heavy (non-hydrogen) atoms. The zero-order valence-electron chi connectivity index (χ0n) is 11.9. The Labute approximate surface area is 121 Å². The van der Waals surface area contributed by atoms with Gasteiger partial charge < -0.3 is 15.6 Å². The first-order valence-corrected chi connectivity index (χ1v) is 6.61. The minimum Gasteiger partial charge on any atom is -0.507 e. The zero-order chi connectivity index (χ0) is 15.7. The number of aromatic hydroxyl groups is 1. The van der Waals surface area contributed by atoms with Crippen molar-refractivity contribution in [3.05, 3.63) is 28.8 Å². The first kappa shape index (κ1) is 15.0. The molecule has 0 bridgehead atoms. The van der Waals surface area contributed by atoms with Gasteiger partial charge in [-0.3, -0.25) is 14.4 Å². The van der Waals surface area contributed by atoms with Crippen LogP contribution in [0.1, 0.15) is 34.3 Å². The second-order valence-electron chi connectivity index (χ2n) is 5.39. The van der Waals surface area contributed by atoms with E-state index >= 15 is 0 Å². The molecular formula is C15H17NO5. The number of hydrogen-bond donors (Lipinski definition) is 2. The highest BCUT2D eigenvalue weighted by molar-refractivity contribution is 6.04. The third-order valence-corrected chi connectivity index (χ3v) is 3.55. The number of Topliss-reactive ketones (excluding diaryl/α,β-unsaturated/α-hetero) is 1. The molecule has 0 aliphatic carbocycles. The molecule has 1 aliphatic heterocycles. The van der Waals surface area contributed by atoms with Crippen LogP contribution in [0.5, 0.6) is 5.75 Å². The van der Waals surface area contributed by atoms with Gasteiger partial charge in [-0.25, -0.2) is 0 Å². The van der Waals surface area contributed by atoms with Crippen LogP contribution in [0, 0.1) is 19.8 Å². The number of primary amides is 1. The Morgan fingerprint density at radius 2 is 2.05 bits per heavy atom. The summed E-state index contributed by atoms with van der Waals surface area (Å²) < 4.78 is 5.02. The molecule has 0 spiro atoms. The van der Waals surface area contributed by atoms with Crippen molar-refractivity contribution in [3.8, 4) is 5.75 Å². The van der Waals surface area contributed by atoms with E-state index in [9.17, 15) is 19.5 Å². The molecular weight excluding hydrogens is 274 g/mol. The summed E-state index contributed by atoms with van der Waals surface area (Å²) in [6.45, 7) is 3.48. The van der Waals surface area contributed by atoms with Crippen LogP contribution in [0.3, 0.4) is 0 Å². The van der Waals surface area contributed by atoms with Gasteiger partial charge in [-0.05, 0) is 31.0 Å². The highest BCUT2D eigenvalue weighted by Crippen LogP contribution is 2.32. The van der Waals surface area contributed by atoms with Crippen molar-refractivity contribution < 1.29 is 24.2 Å². The average molecular weight is 291 g/mol. The molecule has 0 aromatic heterocycles. The number of rotatable bonds is 4. The third-order valence-electron chi connectivity index (χ3n) is 3.55. The van der Waals surface area contributed by atoms with Crippen LogP contribution in [-0.2, 0) is 14.3 Å². The Morgan fingerprint density at radius 3 is 2.67 bits per heavy atom. The van der Waals surface area contributed by atoms with E-state index in [0.29, 0.717) is 5.56 Å². The number of carbonyl (C=O) groups is 3. The van der Waals surface area contributed by atoms with E-state index in [2.05, 4.69) is 0 Å². The Morgan fingerprint density at radius 1 is 1.38 bits per heavy atom. The highest BCUT2D eigenvalue weighted by Gasteiger charge is 2.41.